The lowest BCUT2D eigenvalue weighted by molar-refractivity contribution is 0.128. The molecule has 5 heteroatoms. The molecule has 0 bridgehead atoms. The first-order valence-electron chi connectivity index (χ1n) is 6.84. The minimum absolute atomic E-state index is 0.100. The molecule has 2 rings (SSSR count). The number of unbranched alkanes of at least 4 members (excludes halogenated alkanes) is 1. The standard InChI is InChI=1S/C15H19ClN2O2/c1-2-3-9-12-10-13(16)18(15(19)20)14(17-12)11-7-5-4-6-8-11/h4-8,10,12,14,17H,2-3,9H2,1H3,(H,19,20). The molecule has 1 heterocycles. The lowest BCUT2D eigenvalue weighted by Gasteiger charge is -2.36. The molecular weight excluding hydrogens is 276 g/mol. The van der Waals surface area contributed by atoms with Crippen molar-refractivity contribution in [2.75, 3.05) is 0 Å². The van der Waals surface area contributed by atoms with E-state index in [1.807, 2.05) is 30.3 Å². The molecule has 0 saturated carbocycles. The molecule has 0 radical (unpaired) electrons. The molecule has 0 fully saturated rings. The zero-order valence-electron chi connectivity index (χ0n) is 11.4. The summed E-state index contributed by atoms with van der Waals surface area (Å²) in [7, 11) is 0. The van der Waals surface area contributed by atoms with Crippen LogP contribution in [-0.2, 0) is 0 Å². The number of amides is 1. The van der Waals surface area contributed by atoms with Crippen molar-refractivity contribution < 1.29 is 9.90 Å². The van der Waals surface area contributed by atoms with Crippen LogP contribution in [-0.4, -0.2) is 22.1 Å². The third kappa shape index (κ3) is 3.32. The zero-order valence-corrected chi connectivity index (χ0v) is 12.2. The molecule has 2 atom stereocenters. The van der Waals surface area contributed by atoms with Crippen molar-refractivity contribution in [2.45, 2.75) is 38.4 Å². The zero-order chi connectivity index (χ0) is 14.5. The van der Waals surface area contributed by atoms with E-state index in [2.05, 4.69) is 12.2 Å². The molecular formula is C15H19ClN2O2. The molecule has 1 aliphatic rings. The molecule has 20 heavy (non-hydrogen) atoms. The van der Waals surface area contributed by atoms with Crippen LogP contribution in [0.25, 0.3) is 0 Å². The van der Waals surface area contributed by atoms with Gasteiger partial charge in [0.15, 0.2) is 0 Å². The van der Waals surface area contributed by atoms with Gasteiger partial charge in [-0.25, -0.2) is 9.69 Å². The second-order valence-electron chi connectivity index (χ2n) is 4.87. The molecule has 0 aromatic heterocycles. The second kappa shape index (κ2) is 6.77. The quantitative estimate of drug-likeness (QED) is 0.828. The van der Waals surface area contributed by atoms with Crippen LogP contribution in [0.5, 0.6) is 0 Å². The Labute approximate surface area is 124 Å². The number of nitrogens with one attached hydrogen (secondary N) is 1. The fraction of sp³-hybridized carbons (Fsp3) is 0.400. The number of carbonyl (C=O) groups is 1. The van der Waals surface area contributed by atoms with Gasteiger partial charge in [-0.15, -0.1) is 0 Å². The van der Waals surface area contributed by atoms with Crippen LogP contribution in [0, 0.1) is 0 Å². The van der Waals surface area contributed by atoms with Crippen LogP contribution in [0.1, 0.15) is 37.9 Å². The summed E-state index contributed by atoms with van der Waals surface area (Å²) >= 11 is 6.16. The molecule has 1 amide bonds. The highest BCUT2D eigenvalue weighted by atomic mass is 35.5. The molecule has 1 aromatic rings. The van der Waals surface area contributed by atoms with Gasteiger partial charge in [-0.2, -0.15) is 0 Å². The maximum atomic E-state index is 11.4. The van der Waals surface area contributed by atoms with Crippen molar-refractivity contribution in [3.05, 3.63) is 47.1 Å². The molecule has 0 saturated heterocycles. The van der Waals surface area contributed by atoms with Gasteiger partial charge >= 0.3 is 6.09 Å². The van der Waals surface area contributed by atoms with E-state index in [1.54, 1.807) is 6.08 Å². The van der Waals surface area contributed by atoms with Crippen LogP contribution in [0.4, 0.5) is 4.79 Å². The number of rotatable bonds is 4. The van der Waals surface area contributed by atoms with E-state index < -0.39 is 12.3 Å². The molecule has 2 N–H and O–H groups in total. The van der Waals surface area contributed by atoms with E-state index in [0.717, 1.165) is 24.8 Å². The highest BCUT2D eigenvalue weighted by Crippen LogP contribution is 2.30. The molecule has 4 nitrogen and oxygen atoms in total. The van der Waals surface area contributed by atoms with Crippen LogP contribution >= 0.6 is 11.6 Å². The van der Waals surface area contributed by atoms with E-state index in [9.17, 15) is 9.90 Å². The average Bonchev–Trinajstić information content (AvgIpc) is 2.45. The van der Waals surface area contributed by atoms with Gasteiger partial charge in [0.25, 0.3) is 0 Å². The monoisotopic (exact) mass is 294 g/mol. The summed E-state index contributed by atoms with van der Waals surface area (Å²) in [6.07, 6.45) is 3.42. The van der Waals surface area contributed by atoms with Crippen molar-refractivity contribution in [3.8, 4) is 0 Å². The summed E-state index contributed by atoms with van der Waals surface area (Å²) in [5, 5.41) is 13.0. The van der Waals surface area contributed by atoms with Gasteiger partial charge in [-0.05, 0) is 18.1 Å². The molecule has 1 aliphatic heterocycles. The lowest BCUT2D eigenvalue weighted by atomic mass is 10.0. The first-order chi connectivity index (χ1) is 9.63. The van der Waals surface area contributed by atoms with Gasteiger partial charge in [0.1, 0.15) is 11.3 Å². The SMILES string of the molecule is CCCCC1C=C(Cl)N(C(=O)O)C(c2ccccc2)N1. The second-order valence-corrected chi connectivity index (χ2v) is 5.26. The van der Waals surface area contributed by atoms with Gasteiger partial charge in [0.2, 0.25) is 0 Å². The Morgan fingerprint density at radius 2 is 2.10 bits per heavy atom. The fourth-order valence-corrected chi connectivity index (χ4v) is 2.69. The maximum absolute atomic E-state index is 11.4. The van der Waals surface area contributed by atoms with Crippen molar-refractivity contribution >= 4 is 17.7 Å². The number of halogens is 1. The Bertz CT molecular complexity index is 490. The molecule has 108 valence electrons. The third-order valence-corrected chi connectivity index (χ3v) is 3.70. The normalized spacial score (nSPS) is 22.5. The minimum atomic E-state index is -1.05. The summed E-state index contributed by atoms with van der Waals surface area (Å²) in [5.41, 5.74) is 0.891. The lowest BCUT2D eigenvalue weighted by Crippen LogP contribution is -2.47. The van der Waals surface area contributed by atoms with Crippen LogP contribution in [0.2, 0.25) is 0 Å². The van der Waals surface area contributed by atoms with Crippen LogP contribution in [0.3, 0.4) is 0 Å². The van der Waals surface area contributed by atoms with Crippen molar-refractivity contribution in [2.24, 2.45) is 0 Å². The number of hydrogen-bond acceptors (Lipinski definition) is 2. The summed E-state index contributed by atoms with van der Waals surface area (Å²) in [5.74, 6) is 0. The van der Waals surface area contributed by atoms with Gasteiger partial charge in [0, 0.05) is 6.04 Å². The van der Waals surface area contributed by atoms with E-state index in [-0.39, 0.29) is 11.2 Å². The highest BCUT2D eigenvalue weighted by molar-refractivity contribution is 6.30. The highest BCUT2D eigenvalue weighted by Gasteiger charge is 2.32. The first-order valence-corrected chi connectivity index (χ1v) is 7.21. The Morgan fingerprint density at radius 3 is 2.70 bits per heavy atom. The van der Waals surface area contributed by atoms with E-state index in [0.29, 0.717) is 0 Å². The molecule has 1 aromatic carbocycles. The van der Waals surface area contributed by atoms with Gasteiger partial charge < -0.3 is 5.11 Å². The largest absolute Gasteiger partial charge is 0.465 e. The Balaban J connectivity index is 2.27. The topological polar surface area (TPSA) is 52.6 Å². The molecule has 0 aliphatic carbocycles. The number of hydrogen-bond donors (Lipinski definition) is 2. The predicted octanol–water partition coefficient (Wildman–Crippen LogP) is 3.91. The van der Waals surface area contributed by atoms with Crippen molar-refractivity contribution in [3.63, 3.8) is 0 Å². The van der Waals surface area contributed by atoms with E-state index in [4.69, 9.17) is 11.6 Å². The number of carboxylic acid groups (broad SMARTS) is 1. The number of nitrogens with zero attached hydrogens (tertiary/aromatic N) is 1. The summed E-state index contributed by atoms with van der Waals surface area (Å²) in [6.45, 7) is 2.13. The average molecular weight is 295 g/mol. The third-order valence-electron chi connectivity index (χ3n) is 3.39. The maximum Gasteiger partial charge on any atom is 0.414 e. The van der Waals surface area contributed by atoms with Gasteiger partial charge in [-0.1, -0.05) is 61.7 Å². The smallest absolute Gasteiger partial charge is 0.414 e. The summed E-state index contributed by atoms with van der Waals surface area (Å²) in [4.78, 5) is 12.6. The Morgan fingerprint density at radius 1 is 1.40 bits per heavy atom. The van der Waals surface area contributed by atoms with Crippen LogP contribution in [0.15, 0.2) is 41.6 Å². The summed E-state index contributed by atoms with van der Waals surface area (Å²) < 4.78 is 0. The van der Waals surface area contributed by atoms with Gasteiger partial charge in [0.05, 0.1) is 0 Å². The Kier molecular flexibility index (Phi) is 5.04. The molecule has 0 spiro atoms. The number of benzene rings is 1. The van der Waals surface area contributed by atoms with E-state index >= 15 is 0 Å². The Hall–Kier alpha value is -1.52. The summed E-state index contributed by atoms with van der Waals surface area (Å²) in [6, 6.07) is 9.60. The fourth-order valence-electron chi connectivity index (χ4n) is 2.37. The van der Waals surface area contributed by atoms with Crippen molar-refractivity contribution in [1.29, 1.82) is 0 Å². The van der Waals surface area contributed by atoms with Gasteiger partial charge in [-0.3, -0.25) is 5.32 Å². The van der Waals surface area contributed by atoms with Crippen LogP contribution < -0.4 is 5.32 Å². The first kappa shape index (κ1) is 14.9. The molecule has 2 unspecified atom stereocenters. The minimum Gasteiger partial charge on any atom is -0.465 e. The van der Waals surface area contributed by atoms with Crippen molar-refractivity contribution in [1.82, 2.24) is 10.2 Å². The predicted molar refractivity (Wildman–Crippen MR) is 79.4 cm³/mol. The van der Waals surface area contributed by atoms with E-state index in [1.165, 1.54) is 4.90 Å².